The molecule has 6 nitrogen and oxygen atoms in total. The van der Waals surface area contributed by atoms with Crippen molar-refractivity contribution in [3.05, 3.63) is 0 Å². The maximum Gasteiger partial charge on any atom is 0.316 e. The molecule has 0 aromatic carbocycles. The first kappa shape index (κ1) is 13.0. The van der Waals surface area contributed by atoms with E-state index in [1.807, 2.05) is 27.7 Å². The van der Waals surface area contributed by atoms with Crippen LogP contribution in [0.1, 0.15) is 33.7 Å². The Morgan fingerprint density at radius 1 is 1.44 bits per heavy atom. The molecule has 0 saturated heterocycles. The number of hydrogen-bond donors (Lipinski definition) is 0. The summed E-state index contributed by atoms with van der Waals surface area (Å²) >= 11 is 1.28. The number of nitrogens with zero attached hydrogens (tertiary/aromatic N) is 4. The fourth-order valence-corrected chi connectivity index (χ4v) is 1.81. The van der Waals surface area contributed by atoms with Crippen LogP contribution in [0.25, 0.3) is 0 Å². The average Bonchev–Trinajstić information content (AvgIpc) is 2.61. The highest BCUT2D eigenvalue weighted by atomic mass is 32.2. The SMILES string of the molecule is CC(C)OC(=O)CSc1nnnn1C(C)C. The summed E-state index contributed by atoms with van der Waals surface area (Å²) in [5.74, 6) is -0.0241. The first-order valence-corrected chi connectivity index (χ1v) is 6.09. The van der Waals surface area contributed by atoms with Gasteiger partial charge in [0.25, 0.3) is 0 Å². The summed E-state index contributed by atoms with van der Waals surface area (Å²) in [5.41, 5.74) is 0. The average molecular weight is 244 g/mol. The van der Waals surface area contributed by atoms with Crippen molar-refractivity contribution in [1.29, 1.82) is 0 Å². The lowest BCUT2D eigenvalue weighted by Gasteiger charge is -2.08. The van der Waals surface area contributed by atoms with Crippen LogP contribution in [-0.4, -0.2) is 38.0 Å². The number of carbonyl (C=O) groups excluding carboxylic acids is 1. The van der Waals surface area contributed by atoms with Crippen molar-refractivity contribution < 1.29 is 9.53 Å². The van der Waals surface area contributed by atoms with Crippen LogP contribution in [-0.2, 0) is 9.53 Å². The number of hydrogen-bond acceptors (Lipinski definition) is 6. The van der Waals surface area contributed by atoms with Crippen molar-refractivity contribution in [2.24, 2.45) is 0 Å². The largest absolute Gasteiger partial charge is 0.462 e. The number of rotatable bonds is 5. The van der Waals surface area contributed by atoms with Gasteiger partial charge in [-0.1, -0.05) is 11.8 Å². The molecule has 0 unspecified atom stereocenters. The molecule has 0 aliphatic rings. The monoisotopic (exact) mass is 244 g/mol. The summed E-state index contributed by atoms with van der Waals surface area (Å²) in [5, 5.41) is 11.9. The van der Waals surface area contributed by atoms with Crippen molar-refractivity contribution in [3.63, 3.8) is 0 Å². The minimum Gasteiger partial charge on any atom is -0.462 e. The van der Waals surface area contributed by atoms with Gasteiger partial charge in [0.1, 0.15) is 0 Å². The summed E-state index contributed by atoms with van der Waals surface area (Å²) < 4.78 is 6.69. The van der Waals surface area contributed by atoms with Gasteiger partial charge in [-0.15, -0.1) is 5.10 Å². The van der Waals surface area contributed by atoms with Gasteiger partial charge in [0.2, 0.25) is 5.16 Å². The fourth-order valence-electron chi connectivity index (χ4n) is 1.02. The van der Waals surface area contributed by atoms with E-state index in [9.17, 15) is 4.79 Å². The summed E-state index contributed by atoms with van der Waals surface area (Å²) in [6.45, 7) is 7.60. The molecule has 0 amide bonds. The van der Waals surface area contributed by atoms with Gasteiger partial charge in [0, 0.05) is 0 Å². The first-order chi connectivity index (χ1) is 7.50. The standard InChI is InChI=1S/C9H16N4O2S/c1-6(2)13-9(10-11-12-13)16-5-8(14)15-7(3)4/h6-7H,5H2,1-4H3. The van der Waals surface area contributed by atoms with Gasteiger partial charge in [-0.05, 0) is 38.1 Å². The maximum atomic E-state index is 11.3. The van der Waals surface area contributed by atoms with Crippen molar-refractivity contribution in [2.45, 2.75) is 45.0 Å². The topological polar surface area (TPSA) is 69.9 Å². The number of aromatic nitrogens is 4. The lowest BCUT2D eigenvalue weighted by atomic mass is 10.4. The molecule has 1 heterocycles. The van der Waals surface area contributed by atoms with Crippen LogP contribution in [0.15, 0.2) is 5.16 Å². The Hall–Kier alpha value is -1.11. The second kappa shape index (κ2) is 5.83. The van der Waals surface area contributed by atoms with Crippen LogP contribution >= 0.6 is 11.8 Å². The van der Waals surface area contributed by atoms with Crippen LogP contribution in [0.5, 0.6) is 0 Å². The molecule has 0 aliphatic heterocycles. The van der Waals surface area contributed by atoms with Crippen molar-refractivity contribution in [3.8, 4) is 0 Å². The lowest BCUT2D eigenvalue weighted by Crippen LogP contribution is -2.14. The van der Waals surface area contributed by atoms with E-state index in [-0.39, 0.29) is 23.9 Å². The van der Waals surface area contributed by atoms with E-state index in [1.54, 1.807) is 4.68 Å². The first-order valence-electron chi connectivity index (χ1n) is 5.11. The number of carbonyl (C=O) groups is 1. The van der Waals surface area contributed by atoms with E-state index in [2.05, 4.69) is 15.5 Å². The quantitative estimate of drug-likeness (QED) is 0.574. The highest BCUT2D eigenvalue weighted by Crippen LogP contribution is 2.17. The van der Waals surface area contributed by atoms with Crippen LogP contribution in [0.2, 0.25) is 0 Å². The predicted molar refractivity (Wildman–Crippen MR) is 60.2 cm³/mol. The molecule has 0 aliphatic carbocycles. The Morgan fingerprint density at radius 3 is 2.69 bits per heavy atom. The maximum absolute atomic E-state index is 11.3. The highest BCUT2D eigenvalue weighted by molar-refractivity contribution is 7.99. The molecule has 90 valence electrons. The fraction of sp³-hybridized carbons (Fsp3) is 0.778. The molecule has 0 saturated carbocycles. The molecule has 1 aromatic rings. The number of ether oxygens (including phenoxy) is 1. The summed E-state index contributed by atoms with van der Waals surface area (Å²) in [6, 6.07) is 0.179. The summed E-state index contributed by atoms with van der Waals surface area (Å²) in [7, 11) is 0. The molecule has 16 heavy (non-hydrogen) atoms. The lowest BCUT2D eigenvalue weighted by molar-refractivity contribution is -0.144. The van der Waals surface area contributed by atoms with Crippen molar-refractivity contribution in [2.75, 3.05) is 5.75 Å². The smallest absolute Gasteiger partial charge is 0.316 e. The van der Waals surface area contributed by atoms with E-state index in [0.29, 0.717) is 5.16 Å². The highest BCUT2D eigenvalue weighted by Gasteiger charge is 2.13. The molecular weight excluding hydrogens is 228 g/mol. The molecule has 1 rings (SSSR count). The third-order valence-corrected chi connectivity index (χ3v) is 2.54. The van der Waals surface area contributed by atoms with E-state index in [1.165, 1.54) is 11.8 Å². The zero-order valence-corrected chi connectivity index (χ0v) is 10.7. The molecule has 7 heteroatoms. The minimum atomic E-state index is -0.252. The Balaban J connectivity index is 2.48. The van der Waals surface area contributed by atoms with Crippen molar-refractivity contribution in [1.82, 2.24) is 20.2 Å². The molecule has 0 radical (unpaired) electrons. The molecule has 0 N–H and O–H groups in total. The number of esters is 1. The molecular formula is C9H16N4O2S. The van der Waals surface area contributed by atoms with Crippen LogP contribution in [0.4, 0.5) is 0 Å². The van der Waals surface area contributed by atoms with E-state index < -0.39 is 0 Å². The molecule has 1 aromatic heterocycles. The van der Waals surface area contributed by atoms with Gasteiger partial charge in [-0.3, -0.25) is 4.79 Å². The molecule has 0 bridgehead atoms. The zero-order chi connectivity index (χ0) is 12.1. The second-order valence-electron chi connectivity index (χ2n) is 3.83. The summed E-state index contributed by atoms with van der Waals surface area (Å²) in [4.78, 5) is 11.3. The Bertz CT molecular complexity index is 351. The third kappa shape index (κ3) is 3.80. The number of thioether (sulfide) groups is 1. The number of tetrazole rings is 1. The van der Waals surface area contributed by atoms with Crippen LogP contribution in [0, 0.1) is 0 Å². The summed E-state index contributed by atoms with van der Waals surface area (Å²) in [6.07, 6.45) is -0.0887. The van der Waals surface area contributed by atoms with Gasteiger partial charge < -0.3 is 4.74 Å². The van der Waals surface area contributed by atoms with Gasteiger partial charge in [0.15, 0.2) is 0 Å². The van der Waals surface area contributed by atoms with Gasteiger partial charge >= 0.3 is 5.97 Å². The third-order valence-electron chi connectivity index (χ3n) is 1.64. The van der Waals surface area contributed by atoms with Crippen LogP contribution in [0.3, 0.4) is 0 Å². The zero-order valence-electron chi connectivity index (χ0n) is 9.88. The van der Waals surface area contributed by atoms with Gasteiger partial charge in [-0.2, -0.15) is 0 Å². The Morgan fingerprint density at radius 2 is 2.12 bits per heavy atom. The Labute approximate surface area is 98.7 Å². The normalized spacial score (nSPS) is 11.1. The predicted octanol–water partition coefficient (Wildman–Crippen LogP) is 1.30. The van der Waals surface area contributed by atoms with E-state index >= 15 is 0 Å². The molecule has 0 spiro atoms. The van der Waals surface area contributed by atoms with Crippen molar-refractivity contribution >= 4 is 17.7 Å². The van der Waals surface area contributed by atoms with Gasteiger partial charge in [0.05, 0.1) is 17.9 Å². The van der Waals surface area contributed by atoms with E-state index in [4.69, 9.17) is 4.74 Å². The minimum absolute atomic E-state index is 0.0887. The Kier molecular flexibility index (Phi) is 4.72. The van der Waals surface area contributed by atoms with E-state index in [0.717, 1.165) is 0 Å². The molecule has 0 fully saturated rings. The van der Waals surface area contributed by atoms with Crippen LogP contribution < -0.4 is 0 Å². The van der Waals surface area contributed by atoms with Gasteiger partial charge in [-0.25, -0.2) is 4.68 Å². The second-order valence-corrected chi connectivity index (χ2v) is 4.77. The molecule has 0 atom stereocenters.